The molecule has 158 valence electrons. The molecule has 0 saturated carbocycles. The van der Waals surface area contributed by atoms with E-state index < -0.39 is 23.0 Å². The Morgan fingerprint density at radius 1 is 1.13 bits per heavy atom. The van der Waals surface area contributed by atoms with Crippen molar-refractivity contribution in [2.24, 2.45) is 0 Å². The van der Waals surface area contributed by atoms with E-state index in [2.05, 4.69) is 16.3 Å². The second-order valence-corrected chi connectivity index (χ2v) is 8.74. The standard InChI is InChI=1S/C22H24FN3O3S/c1-24-19(27)12-22(21(24)29,17-4-2-3-5-18(17)23)13-20(28)26-9-7-25(8-10-26)14-16-6-11-30-15-16/h2-6,11,15H,7-10,12-14H2,1H3. The van der Waals surface area contributed by atoms with Crippen LogP contribution in [0.3, 0.4) is 0 Å². The van der Waals surface area contributed by atoms with E-state index in [-0.39, 0.29) is 24.3 Å². The van der Waals surface area contributed by atoms with Gasteiger partial charge in [-0.15, -0.1) is 0 Å². The van der Waals surface area contributed by atoms with Gasteiger partial charge in [0.05, 0.1) is 5.41 Å². The largest absolute Gasteiger partial charge is 0.340 e. The number of likely N-dealkylation sites (tertiary alicyclic amines) is 1. The van der Waals surface area contributed by atoms with Gasteiger partial charge in [0.25, 0.3) is 0 Å². The van der Waals surface area contributed by atoms with E-state index in [4.69, 9.17) is 0 Å². The zero-order valence-electron chi connectivity index (χ0n) is 16.8. The molecular formula is C22H24FN3O3S. The lowest BCUT2D eigenvalue weighted by Gasteiger charge is -2.36. The van der Waals surface area contributed by atoms with Crippen LogP contribution in [0.15, 0.2) is 41.1 Å². The molecule has 0 radical (unpaired) electrons. The number of thiophene rings is 1. The molecule has 1 atom stereocenters. The fourth-order valence-corrected chi connectivity index (χ4v) is 5.01. The van der Waals surface area contributed by atoms with Crippen LogP contribution in [0.2, 0.25) is 0 Å². The number of hydrogen-bond donors (Lipinski definition) is 0. The monoisotopic (exact) mass is 429 g/mol. The Labute approximate surface area is 178 Å². The Morgan fingerprint density at radius 3 is 2.47 bits per heavy atom. The summed E-state index contributed by atoms with van der Waals surface area (Å²) in [6, 6.07) is 8.03. The fourth-order valence-electron chi connectivity index (χ4n) is 4.35. The number of halogens is 1. The zero-order valence-corrected chi connectivity index (χ0v) is 17.7. The minimum Gasteiger partial charge on any atom is -0.340 e. The van der Waals surface area contributed by atoms with Crippen LogP contribution in [0, 0.1) is 5.82 Å². The van der Waals surface area contributed by atoms with Crippen molar-refractivity contribution in [2.75, 3.05) is 33.2 Å². The van der Waals surface area contributed by atoms with Crippen molar-refractivity contribution in [1.82, 2.24) is 14.7 Å². The van der Waals surface area contributed by atoms with E-state index in [0.29, 0.717) is 13.1 Å². The van der Waals surface area contributed by atoms with Gasteiger partial charge in [-0.25, -0.2) is 4.39 Å². The molecule has 2 aromatic rings. The second-order valence-electron chi connectivity index (χ2n) is 7.96. The van der Waals surface area contributed by atoms with E-state index in [9.17, 15) is 18.8 Å². The highest BCUT2D eigenvalue weighted by Crippen LogP contribution is 2.41. The van der Waals surface area contributed by atoms with Gasteiger partial charge in [-0.3, -0.25) is 24.2 Å². The molecule has 0 N–H and O–H groups in total. The number of rotatable bonds is 5. The smallest absolute Gasteiger partial charge is 0.240 e. The molecule has 1 unspecified atom stereocenters. The highest BCUT2D eigenvalue weighted by atomic mass is 32.1. The van der Waals surface area contributed by atoms with Gasteiger partial charge in [0, 0.05) is 58.2 Å². The minimum atomic E-state index is -1.47. The Balaban J connectivity index is 1.49. The summed E-state index contributed by atoms with van der Waals surface area (Å²) in [6.07, 6.45) is -0.388. The first kappa shape index (κ1) is 20.7. The van der Waals surface area contributed by atoms with Crippen LogP contribution in [0.1, 0.15) is 24.0 Å². The third-order valence-electron chi connectivity index (χ3n) is 6.09. The molecule has 2 aliphatic rings. The van der Waals surface area contributed by atoms with Crippen LogP contribution in [-0.2, 0) is 26.3 Å². The number of amides is 3. The maximum atomic E-state index is 14.6. The highest BCUT2D eigenvalue weighted by molar-refractivity contribution is 7.07. The normalized spacial score (nSPS) is 22.7. The lowest BCUT2D eigenvalue weighted by Crippen LogP contribution is -2.50. The summed E-state index contributed by atoms with van der Waals surface area (Å²) in [4.78, 5) is 43.4. The molecule has 3 amide bonds. The Morgan fingerprint density at radius 2 is 1.87 bits per heavy atom. The van der Waals surface area contributed by atoms with Crippen molar-refractivity contribution < 1.29 is 18.8 Å². The number of piperazine rings is 1. The molecule has 30 heavy (non-hydrogen) atoms. The van der Waals surface area contributed by atoms with Gasteiger partial charge in [-0.05, 0) is 28.5 Å². The highest BCUT2D eigenvalue weighted by Gasteiger charge is 2.54. The lowest BCUT2D eigenvalue weighted by molar-refractivity contribution is -0.142. The molecule has 8 heteroatoms. The maximum Gasteiger partial charge on any atom is 0.240 e. The van der Waals surface area contributed by atoms with Gasteiger partial charge < -0.3 is 4.90 Å². The predicted molar refractivity (Wildman–Crippen MR) is 111 cm³/mol. The molecule has 1 aromatic heterocycles. The predicted octanol–water partition coefficient (Wildman–Crippen LogP) is 2.25. The van der Waals surface area contributed by atoms with Crippen LogP contribution in [0.25, 0.3) is 0 Å². The van der Waals surface area contributed by atoms with Gasteiger partial charge in [-0.2, -0.15) is 11.3 Å². The molecule has 0 bridgehead atoms. The summed E-state index contributed by atoms with van der Waals surface area (Å²) in [7, 11) is 1.39. The van der Waals surface area contributed by atoms with Crippen LogP contribution in [-0.4, -0.2) is 65.6 Å². The maximum absolute atomic E-state index is 14.6. The fraction of sp³-hybridized carbons (Fsp3) is 0.409. The number of hydrogen-bond acceptors (Lipinski definition) is 5. The molecule has 0 spiro atoms. The quantitative estimate of drug-likeness (QED) is 0.684. The number of carbonyl (C=O) groups excluding carboxylic acids is 3. The molecule has 2 aliphatic heterocycles. The Kier molecular flexibility index (Phi) is 5.71. The SMILES string of the molecule is CN1C(=O)CC(CC(=O)N2CCN(Cc3ccsc3)CC2)(c2ccccc2F)C1=O. The molecular weight excluding hydrogens is 405 g/mol. The van der Waals surface area contributed by atoms with Crippen molar-refractivity contribution in [2.45, 2.75) is 24.8 Å². The van der Waals surface area contributed by atoms with Gasteiger partial charge in [0.15, 0.2) is 0 Å². The minimum absolute atomic E-state index is 0.122. The third kappa shape index (κ3) is 3.77. The van der Waals surface area contributed by atoms with Gasteiger partial charge in [0.1, 0.15) is 5.82 Å². The molecule has 0 aliphatic carbocycles. The van der Waals surface area contributed by atoms with Crippen LogP contribution < -0.4 is 0 Å². The molecule has 4 rings (SSSR count). The summed E-state index contributed by atoms with van der Waals surface area (Å²) in [5, 5.41) is 4.17. The first-order valence-electron chi connectivity index (χ1n) is 9.98. The number of nitrogens with zero attached hydrogens (tertiary/aromatic N) is 3. The van der Waals surface area contributed by atoms with E-state index >= 15 is 0 Å². The van der Waals surface area contributed by atoms with Crippen LogP contribution >= 0.6 is 11.3 Å². The zero-order chi connectivity index (χ0) is 21.3. The molecule has 1 aromatic carbocycles. The average Bonchev–Trinajstić information content (AvgIpc) is 3.32. The van der Waals surface area contributed by atoms with E-state index in [1.807, 2.05) is 5.38 Å². The van der Waals surface area contributed by atoms with Crippen LogP contribution in [0.5, 0.6) is 0 Å². The van der Waals surface area contributed by atoms with Crippen molar-refractivity contribution in [3.05, 3.63) is 58.0 Å². The van der Waals surface area contributed by atoms with Crippen molar-refractivity contribution in [1.29, 1.82) is 0 Å². The second kappa shape index (κ2) is 8.28. The van der Waals surface area contributed by atoms with Crippen molar-refractivity contribution in [3.8, 4) is 0 Å². The Hall–Kier alpha value is -2.58. The first-order chi connectivity index (χ1) is 14.4. The third-order valence-corrected chi connectivity index (χ3v) is 6.83. The number of benzene rings is 1. The summed E-state index contributed by atoms with van der Waals surface area (Å²) in [6.45, 7) is 3.42. The van der Waals surface area contributed by atoms with Crippen LogP contribution in [0.4, 0.5) is 4.39 Å². The molecule has 3 heterocycles. The summed E-state index contributed by atoms with van der Waals surface area (Å²) in [5.41, 5.74) is -0.0873. The van der Waals surface area contributed by atoms with Gasteiger partial charge >= 0.3 is 0 Å². The first-order valence-corrected chi connectivity index (χ1v) is 10.9. The summed E-state index contributed by atoms with van der Waals surface area (Å²) >= 11 is 1.67. The average molecular weight is 430 g/mol. The topological polar surface area (TPSA) is 60.9 Å². The number of likely N-dealkylation sites (N-methyl/N-ethyl adjacent to an activating group) is 1. The molecule has 2 saturated heterocycles. The van der Waals surface area contributed by atoms with E-state index in [0.717, 1.165) is 24.5 Å². The Bertz CT molecular complexity index is 956. The molecule has 6 nitrogen and oxygen atoms in total. The number of imide groups is 1. The van der Waals surface area contributed by atoms with Crippen molar-refractivity contribution >= 4 is 29.1 Å². The summed E-state index contributed by atoms with van der Waals surface area (Å²) < 4.78 is 14.6. The van der Waals surface area contributed by atoms with Gasteiger partial charge in [0.2, 0.25) is 17.7 Å². The van der Waals surface area contributed by atoms with Gasteiger partial charge in [-0.1, -0.05) is 18.2 Å². The van der Waals surface area contributed by atoms with Crippen molar-refractivity contribution in [3.63, 3.8) is 0 Å². The van der Waals surface area contributed by atoms with E-state index in [1.165, 1.54) is 30.8 Å². The lowest BCUT2D eigenvalue weighted by atomic mass is 9.75. The van der Waals surface area contributed by atoms with E-state index in [1.54, 1.807) is 22.3 Å². The molecule has 2 fully saturated rings. The number of carbonyl (C=O) groups is 3. The summed E-state index contributed by atoms with van der Waals surface area (Å²) in [5.74, 6) is -1.69.